The van der Waals surface area contributed by atoms with Crippen LogP contribution in [0.2, 0.25) is 0 Å². The van der Waals surface area contributed by atoms with Crippen LogP contribution in [0.4, 0.5) is 0 Å². The van der Waals surface area contributed by atoms with Crippen molar-refractivity contribution < 1.29 is 58.5 Å². The lowest BCUT2D eigenvalue weighted by Gasteiger charge is -2.33. The van der Waals surface area contributed by atoms with Crippen LogP contribution in [0.25, 0.3) is 0 Å². The smallest absolute Gasteiger partial charge is 0.328 e. The van der Waals surface area contributed by atoms with Crippen molar-refractivity contribution >= 4 is 53.3 Å². The van der Waals surface area contributed by atoms with Gasteiger partial charge in [-0.1, -0.05) is 54.4 Å². The van der Waals surface area contributed by atoms with Crippen molar-refractivity contribution in [1.29, 1.82) is 0 Å². The van der Waals surface area contributed by atoms with Crippen LogP contribution in [0.5, 0.6) is 0 Å². The number of carboxylic acids is 2. The first-order valence-electron chi connectivity index (χ1n) is 23.0. The SMILES string of the molecule is CC[C@H](C)[C@H](N)C(=O)N[C@H](C(=O)N1CCC[C@H]1C(=O)N[C@@H](CCCCN)C(=O)N[C@H](C(=O)N[C@@H](CCC(=O)O)C(=O)N[C@@H](CCCCN)C(=O)N[C@H](C(=O)O)[C@@H](C)O)C(C)C)[C@@H](C)CC. The molecule has 11 atom stereocenters. The second-order valence-corrected chi connectivity index (χ2v) is 17.5. The molecule has 0 aromatic rings. The minimum Gasteiger partial charge on any atom is -0.481 e. The molecule has 0 unspecified atom stereocenters. The lowest BCUT2D eigenvalue weighted by atomic mass is 9.95. The zero-order chi connectivity index (χ0) is 49.6. The fourth-order valence-electron chi connectivity index (χ4n) is 7.22. The lowest BCUT2D eigenvalue weighted by molar-refractivity contribution is -0.145. The number of carboxylic acid groups (broad SMARTS) is 2. The van der Waals surface area contributed by atoms with Gasteiger partial charge in [-0.25, -0.2) is 4.79 Å². The van der Waals surface area contributed by atoms with Gasteiger partial charge in [0.1, 0.15) is 36.3 Å². The van der Waals surface area contributed by atoms with Crippen LogP contribution in [0, 0.1) is 17.8 Å². The topological polar surface area (TPSA) is 368 Å². The first-order chi connectivity index (χ1) is 30.6. The number of nitrogens with two attached hydrogens (primary N) is 3. The Hall–Kier alpha value is -4.93. The third-order valence-electron chi connectivity index (χ3n) is 11.9. The predicted molar refractivity (Wildman–Crippen MR) is 240 cm³/mol. The lowest BCUT2D eigenvalue weighted by Crippen LogP contribution is -2.61. The molecule has 7 amide bonds. The molecule has 1 rings (SSSR count). The number of aliphatic carboxylic acids is 2. The molecule has 65 heavy (non-hydrogen) atoms. The molecule has 22 nitrogen and oxygen atoms in total. The van der Waals surface area contributed by atoms with Gasteiger partial charge < -0.3 is 69.3 Å². The van der Waals surface area contributed by atoms with E-state index in [1.54, 1.807) is 13.8 Å². The molecule has 0 spiro atoms. The maximum Gasteiger partial charge on any atom is 0.328 e. The van der Waals surface area contributed by atoms with E-state index in [0.717, 1.165) is 6.92 Å². The summed E-state index contributed by atoms with van der Waals surface area (Å²) >= 11 is 0. The normalized spacial score (nSPS) is 18.3. The summed E-state index contributed by atoms with van der Waals surface area (Å²) in [6, 6.07) is -9.91. The molecule has 1 aliphatic heterocycles. The molecule has 0 saturated carbocycles. The Morgan fingerprint density at radius 1 is 0.615 bits per heavy atom. The first kappa shape index (κ1) is 58.1. The van der Waals surface area contributed by atoms with E-state index in [1.807, 2.05) is 27.7 Å². The molecular weight excluding hydrogens is 849 g/mol. The van der Waals surface area contributed by atoms with Gasteiger partial charge in [0.15, 0.2) is 6.04 Å². The minimum atomic E-state index is -1.71. The highest BCUT2D eigenvalue weighted by molar-refractivity contribution is 5.98. The summed E-state index contributed by atoms with van der Waals surface area (Å²) in [6.45, 7) is 12.6. The second-order valence-electron chi connectivity index (χ2n) is 17.5. The Morgan fingerprint density at radius 2 is 1.09 bits per heavy atom. The molecule has 1 aliphatic rings. The van der Waals surface area contributed by atoms with E-state index in [2.05, 4.69) is 31.9 Å². The molecule has 0 aromatic heterocycles. The zero-order valence-corrected chi connectivity index (χ0v) is 39.2. The number of nitrogens with one attached hydrogen (secondary N) is 6. The number of unbranched alkanes of at least 4 members (excludes halogenated alkanes) is 2. The molecule has 0 radical (unpaired) electrons. The van der Waals surface area contributed by atoms with E-state index in [-0.39, 0.29) is 44.2 Å². The Balaban J connectivity index is 3.38. The second kappa shape index (κ2) is 29.6. The Bertz CT molecular complexity index is 1600. The van der Waals surface area contributed by atoms with Crippen molar-refractivity contribution in [2.24, 2.45) is 35.0 Å². The van der Waals surface area contributed by atoms with Gasteiger partial charge in [0, 0.05) is 13.0 Å². The van der Waals surface area contributed by atoms with Crippen molar-refractivity contribution in [3.63, 3.8) is 0 Å². The van der Waals surface area contributed by atoms with E-state index in [4.69, 9.17) is 17.2 Å². The highest BCUT2D eigenvalue weighted by Gasteiger charge is 2.41. The van der Waals surface area contributed by atoms with Crippen LogP contribution < -0.4 is 49.1 Å². The minimum absolute atomic E-state index is 0.0165. The maximum atomic E-state index is 14.1. The average molecular weight is 927 g/mol. The Morgan fingerprint density at radius 3 is 1.57 bits per heavy atom. The highest BCUT2D eigenvalue weighted by atomic mass is 16.4. The van der Waals surface area contributed by atoms with Crippen molar-refractivity contribution in [3.8, 4) is 0 Å². The van der Waals surface area contributed by atoms with Gasteiger partial charge >= 0.3 is 11.9 Å². The summed E-state index contributed by atoms with van der Waals surface area (Å²) in [5.41, 5.74) is 17.5. The van der Waals surface area contributed by atoms with Gasteiger partial charge in [-0.3, -0.25) is 38.4 Å². The van der Waals surface area contributed by atoms with Gasteiger partial charge in [-0.2, -0.15) is 0 Å². The summed E-state index contributed by atoms with van der Waals surface area (Å²) in [6.07, 6.45) is 1.20. The van der Waals surface area contributed by atoms with Gasteiger partial charge in [-0.05, 0) is 95.6 Å². The number of hydrogen-bond donors (Lipinski definition) is 12. The number of carbonyl (C=O) groups excluding carboxylic acids is 7. The third kappa shape index (κ3) is 19.2. The number of amides is 7. The van der Waals surface area contributed by atoms with Gasteiger partial charge in [0.2, 0.25) is 41.4 Å². The molecule has 0 bridgehead atoms. The molecule has 15 N–H and O–H groups in total. The fraction of sp³-hybridized carbons (Fsp3) is 0.791. The monoisotopic (exact) mass is 927 g/mol. The van der Waals surface area contributed by atoms with E-state index in [1.165, 1.54) is 4.90 Å². The molecular formula is C43H78N10O12. The van der Waals surface area contributed by atoms with Crippen LogP contribution in [0.15, 0.2) is 0 Å². The van der Waals surface area contributed by atoms with Crippen LogP contribution in [-0.4, -0.2) is 148 Å². The zero-order valence-electron chi connectivity index (χ0n) is 39.2. The molecule has 1 heterocycles. The largest absolute Gasteiger partial charge is 0.481 e. The maximum absolute atomic E-state index is 14.1. The number of rotatable bonds is 31. The van der Waals surface area contributed by atoms with Crippen molar-refractivity contribution in [1.82, 2.24) is 36.8 Å². The molecule has 0 aromatic carbocycles. The van der Waals surface area contributed by atoms with E-state index < -0.39 is 126 Å². The first-order valence-corrected chi connectivity index (χ1v) is 23.0. The summed E-state index contributed by atoms with van der Waals surface area (Å²) in [4.78, 5) is 121. The van der Waals surface area contributed by atoms with Crippen molar-refractivity contribution in [2.75, 3.05) is 19.6 Å². The van der Waals surface area contributed by atoms with Gasteiger partial charge in [-0.15, -0.1) is 0 Å². The molecule has 1 saturated heterocycles. The third-order valence-corrected chi connectivity index (χ3v) is 11.9. The standard InChI is InChI=1S/C43H78N10O12/c1-8-24(5)32(46)40(61)51-34(25(6)9-2)42(63)53-22-14-17-30(53)39(60)48-28(16-11-13-21-45)37(58)50-33(23(3)4)41(62)49-29(18-19-31(55)56)36(57)47-27(15-10-12-20-44)38(59)52-35(26(7)54)43(64)65/h23-30,32-35,54H,8-22,44-46H2,1-7H3,(H,47,57)(H,48,60)(H,49,62)(H,50,58)(H,51,61)(H,52,59)(H,55,56)(H,64,65)/t24-,25-,26+,27-,28-,29-,30-,32-,33-,34-,35-/m0/s1. The number of nitrogens with zero attached hydrogens (tertiary/aromatic N) is 1. The molecule has 1 fully saturated rings. The van der Waals surface area contributed by atoms with E-state index in [9.17, 15) is 58.5 Å². The van der Waals surface area contributed by atoms with Crippen LogP contribution in [0.3, 0.4) is 0 Å². The van der Waals surface area contributed by atoms with Crippen LogP contribution in [-0.2, 0) is 43.2 Å². The Labute approximate surface area is 382 Å². The van der Waals surface area contributed by atoms with Gasteiger partial charge in [0.25, 0.3) is 0 Å². The van der Waals surface area contributed by atoms with Crippen LogP contribution in [0.1, 0.15) is 126 Å². The molecule has 22 heteroatoms. The number of aliphatic hydroxyl groups is 1. The van der Waals surface area contributed by atoms with Crippen LogP contribution >= 0.6 is 0 Å². The summed E-state index contributed by atoms with van der Waals surface area (Å²) < 4.78 is 0. The molecule has 372 valence electrons. The summed E-state index contributed by atoms with van der Waals surface area (Å²) in [5, 5.41) is 44.3. The fourth-order valence-corrected chi connectivity index (χ4v) is 7.22. The van der Waals surface area contributed by atoms with Gasteiger partial charge in [0.05, 0.1) is 12.1 Å². The highest BCUT2D eigenvalue weighted by Crippen LogP contribution is 2.22. The van der Waals surface area contributed by atoms with Crippen molar-refractivity contribution in [3.05, 3.63) is 0 Å². The summed E-state index contributed by atoms with van der Waals surface area (Å²) in [7, 11) is 0. The van der Waals surface area contributed by atoms with E-state index in [0.29, 0.717) is 51.5 Å². The predicted octanol–water partition coefficient (Wildman–Crippen LogP) is -1.45. The number of hydrogen-bond acceptors (Lipinski definition) is 13. The number of aliphatic hydroxyl groups excluding tert-OH is 1. The number of carbonyl (C=O) groups is 9. The Kier molecular flexibility index (Phi) is 26.4. The summed E-state index contributed by atoms with van der Waals surface area (Å²) in [5.74, 6) is -8.95. The van der Waals surface area contributed by atoms with Crippen molar-refractivity contribution in [2.45, 2.75) is 180 Å². The molecule has 0 aliphatic carbocycles. The van der Waals surface area contributed by atoms with E-state index >= 15 is 0 Å². The quantitative estimate of drug-likeness (QED) is 0.0354. The number of likely N-dealkylation sites (tertiary alicyclic amines) is 1. The average Bonchev–Trinajstić information content (AvgIpc) is 3.76.